The number of ether oxygens (including phenoxy) is 3. The molecule has 0 aromatic carbocycles. The number of hydrogen-bond donors (Lipinski definition) is 0. The Hall–Kier alpha value is -3.41. The van der Waals surface area contributed by atoms with Crippen LogP contribution < -0.4 is 0 Å². The molecule has 0 aliphatic heterocycles. The second-order valence-corrected chi connectivity index (χ2v) is 16.7. The number of allylic oxidation sites excluding steroid dienone is 14. The monoisotopic (exact) mass is 863 g/mol. The van der Waals surface area contributed by atoms with Gasteiger partial charge in [-0.15, -0.1) is 0 Å². The van der Waals surface area contributed by atoms with E-state index < -0.39 is 12.1 Å². The van der Waals surface area contributed by atoms with Crippen LogP contribution in [0.1, 0.15) is 233 Å². The summed E-state index contributed by atoms with van der Waals surface area (Å²) in [4.78, 5) is 37.9. The number of esters is 3. The Labute approximate surface area is 382 Å². The van der Waals surface area contributed by atoms with Crippen molar-refractivity contribution in [1.82, 2.24) is 0 Å². The minimum absolute atomic E-state index is 0.108. The lowest BCUT2D eigenvalue weighted by molar-refractivity contribution is -0.166. The van der Waals surface area contributed by atoms with Gasteiger partial charge in [0, 0.05) is 19.3 Å². The zero-order valence-electron chi connectivity index (χ0n) is 40.4. The molecule has 354 valence electrons. The van der Waals surface area contributed by atoms with Gasteiger partial charge in [0.05, 0.1) is 0 Å². The second-order valence-electron chi connectivity index (χ2n) is 16.7. The largest absolute Gasteiger partial charge is 0.462 e. The van der Waals surface area contributed by atoms with E-state index in [0.717, 1.165) is 89.9 Å². The lowest BCUT2D eigenvalue weighted by Gasteiger charge is -2.18. The van der Waals surface area contributed by atoms with E-state index >= 15 is 0 Å². The van der Waals surface area contributed by atoms with Crippen molar-refractivity contribution in [3.63, 3.8) is 0 Å². The first kappa shape index (κ1) is 58.6. The standard InChI is InChI=1S/C56H94O6/c1-4-7-10-13-16-19-22-25-26-27-28-29-30-32-34-37-40-43-46-49-55(58)61-52-53(51-60-54(57)48-45-42-39-36-33-24-21-18-15-12-9-6-3)62-56(59)50-47-44-41-38-35-31-23-20-17-14-11-8-5-2/h8,11,16-17,19-20,25-26,28-29,31,35,41,44,53H,4-7,9-10,12-15,18,21-24,27,30,32-34,36-40,42-43,45-52H2,1-3H3/b11-8-,19-16-,20-17-,26-25-,29-28-,35-31-,44-41-. The molecule has 62 heavy (non-hydrogen) atoms. The van der Waals surface area contributed by atoms with E-state index in [4.69, 9.17) is 14.2 Å². The fourth-order valence-electron chi connectivity index (χ4n) is 6.81. The Bertz CT molecular complexity index is 1220. The van der Waals surface area contributed by atoms with Gasteiger partial charge in [0.25, 0.3) is 0 Å². The van der Waals surface area contributed by atoms with Gasteiger partial charge in [-0.2, -0.15) is 0 Å². The molecular weight excluding hydrogens is 769 g/mol. The summed E-state index contributed by atoms with van der Waals surface area (Å²) in [6.45, 7) is 6.41. The first-order valence-corrected chi connectivity index (χ1v) is 25.6. The first-order valence-electron chi connectivity index (χ1n) is 25.6. The first-order chi connectivity index (χ1) is 30.5. The summed E-state index contributed by atoms with van der Waals surface area (Å²) in [5.74, 6) is -1.01. The van der Waals surface area contributed by atoms with E-state index in [9.17, 15) is 14.4 Å². The van der Waals surface area contributed by atoms with E-state index in [0.29, 0.717) is 19.3 Å². The van der Waals surface area contributed by atoms with Crippen molar-refractivity contribution in [3.05, 3.63) is 85.1 Å². The molecule has 0 aromatic rings. The van der Waals surface area contributed by atoms with Gasteiger partial charge in [0.2, 0.25) is 0 Å². The highest BCUT2D eigenvalue weighted by Crippen LogP contribution is 2.14. The van der Waals surface area contributed by atoms with Crippen LogP contribution in [0.25, 0.3) is 0 Å². The lowest BCUT2D eigenvalue weighted by Crippen LogP contribution is -2.30. The predicted octanol–water partition coefficient (Wildman–Crippen LogP) is 16.8. The summed E-state index contributed by atoms with van der Waals surface area (Å²) in [5, 5.41) is 0. The molecule has 0 rings (SSSR count). The van der Waals surface area contributed by atoms with Gasteiger partial charge >= 0.3 is 17.9 Å². The van der Waals surface area contributed by atoms with Crippen molar-refractivity contribution >= 4 is 17.9 Å². The third-order valence-electron chi connectivity index (χ3n) is 10.6. The van der Waals surface area contributed by atoms with Crippen molar-refractivity contribution < 1.29 is 28.6 Å². The van der Waals surface area contributed by atoms with E-state index in [1.54, 1.807) is 0 Å². The fourth-order valence-corrected chi connectivity index (χ4v) is 6.81. The fraction of sp³-hybridized carbons (Fsp3) is 0.696. The maximum atomic E-state index is 12.7. The molecule has 6 heteroatoms. The van der Waals surface area contributed by atoms with Crippen LogP contribution in [0.4, 0.5) is 0 Å². The molecule has 0 aliphatic rings. The maximum Gasteiger partial charge on any atom is 0.306 e. The minimum Gasteiger partial charge on any atom is -0.462 e. The summed E-state index contributed by atoms with van der Waals surface area (Å²) in [6, 6.07) is 0. The molecule has 0 aliphatic carbocycles. The molecule has 6 nitrogen and oxygen atoms in total. The zero-order valence-corrected chi connectivity index (χ0v) is 40.4. The minimum atomic E-state index is -0.817. The summed E-state index contributed by atoms with van der Waals surface area (Å²) in [7, 11) is 0. The Morgan fingerprint density at radius 1 is 0.339 bits per heavy atom. The summed E-state index contributed by atoms with van der Waals surface area (Å²) in [5.41, 5.74) is 0. The highest BCUT2D eigenvalue weighted by atomic mass is 16.6. The van der Waals surface area contributed by atoms with Gasteiger partial charge in [-0.1, -0.05) is 215 Å². The van der Waals surface area contributed by atoms with Crippen molar-refractivity contribution in [2.45, 2.75) is 239 Å². The van der Waals surface area contributed by atoms with Crippen LogP contribution in [0.3, 0.4) is 0 Å². The number of rotatable bonds is 45. The van der Waals surface area contributed by atoms with Crippen LogP contribution in [0.15, 0.2) is 85.1 Å². The van der Waals surface area contributed by atoms with Crippen LogP contribution >= 0.6 is 0 Å². The molecule has 0 radical (unpaired) electrons. The quantitative estimate of drug-likeness (QED) is 0.0263. The van der Waals surface area contributed by atoms with E-state index in [-0.39, 0.29) is 31.6 Å². The number of carbonyl (C=O) groups excluding carboxylic acids is 3. The Balaban J connectivity index is 4.45. The molecule has 0 heterocycles. The van der Waals surface area contributed by atoms with Crippen molar-refractivity contribution in [1.29, 1.82) is 0 Å². The number of carbonyl (C=O) groups is 3. The molecular formula is C56H94O6. The van der Waals surface area contributed by atoms with Crippen molar-refractivity contribution in [2.75, 3.05) is 13.2 Å². The number of hydrogen-bond acceptors (Lipinski definition) is 6. The molecule has 0 aromatic heterocycles. The summed E-state index contributed by atoms with van der Waals surface area (Å²) in [6.07, 6.45) is 64.3. The predicted molar refractivity (Wildman–Crippen MR) is 265 cm³/mol. The molecule has 0 spiro atoms. The van der Waals surface area contributed by atoms with E-state index in [2.05, 4.69) is 93.7 Å². The molecule has 1 unspecified atom stereocenters. The molecule has 0 saturated carbocycles. The van der Waals surface area contributed by atoms with Crippen LogP contribution in [0.5, 0.6) is 0 Å². The van der Waals surface area contributed by atoms with Gasteiger partial charge in [0.1, 0.15) is 13.2 Å². The van der Waals surface area contributed by atoms with Crippen LogP contribution in [0.2, 0.25) is 0 Å². The van der Waals surface area contributed by atoms with Gasteiger partial charge < -0.3 is 14.2 Å². The van der Waals surface area contributed by atoms with Gasteiger partial charge in [0.15, 0.2) is 6.10 Å². The van der Waals surface area contributed by atoms with Crippen LogP contribution in [0, 0.1) is 0 Å². The van der Waals surface area contributed by atoms with Crippen LogP contribution in [-0.4, -0.2) is 37.2 Å². The second kappa shape index (κ2) is 50.2. The Morgan fingerprint density at radius 2 is 0.661 bits per heavy atom. The average molecular weight is 863 g/mol. The van der Waals surface area contributed by atoms with E-state index in [1.165, 1.54) is 96.3 Å². The van der Waals surface area contributed by atoms with Gasteiger partial charge in [-0.05, 0) is 83.5 Å². The smallest absolute Gasteiger partial charge is 0.306 e. The lowest BCUT2D eigenvalue weighted by atomic mass is 10.0. The summed E-state index contributed by atoms with van der Waals surface area (Å²) < 4.78 is 16.7. The molecule has 0 saturated heterocycles. The zero-order chi connectivity index (χ0) is 45.1. The van der Waals surface area contributed by atoms with Gasteiger partial charge in [-0.3, -0.25) is 14.4 Å². The molecule has 0 fully saturated rings. The normalized spacial score (nSPS) is 12.8. The van der Waals surface area contributed by atoms with Crippen molar-refractivity contribution in [2.24, 2.45) is 0 Å². The molecule has 0 N–H and O–H groups in total. The highest BCUT2D eigenvalue weighted by molar-refractivity contribution is 5.71. The SMILES string of the molecule is CC/C=C\C/C=C\C/C=C\C/C=C\CCC(=O)OC(COC(=O)CCCCCCCC/C=C\C/C=C\C/C=C\CCCCC)COC(=O)CCCCCCCCCCCCCC. The highest BCUT2D eigenvalue weighted by Gasteiger charge is 2.19. The Kier molecular flexibility index (Phi) is 47.5. The molecule has 1 atom stereocenters. The summed E-state index contributed by atoms with van der Waals surface area (Å²) >= 11 is 0. The van der Waals surface area contributed by atoms with E-state index in [1.807, 2.05) is 12.2 Å². The van der Waals surface area contributed by atoms with Crippen LogP contribution in [-0.2, 0) is 28.6 Å². The Morgan fingerprint density at radius 3 is 1.08 bits per heavy atom. The van der Waals surface area contributed by atoms with Crippen molar-refractivity contribution in [3.8, 4) is 0 Å². The third kappa shape index (κ3) is 47.6. The number of unbranched alkanes of at least 4 members (excludes halogenated alkanes) is 20. The maximum absolute atomic E-state index is 12.7. The molecule has 0 bridgehead atoms. The third-order valence-corrected chi connectivity index (χ3v) is 10.6. The topological polar surface area (TPSA) is 78.9 Å². The average Bonchev–Trinajstić information content (AvgIpc) is 3.27. The van der Waals surface area contributed by atoms with Gasteiger partial charge in [-0.25, -0.2) is 0 Å². The molecule has 0 amide bonds.